The molecule has 166 valence electrons. The summed E-state index contributed by atoms with van der Waals surface area (Å²) in [5.41, 5.74) is 0.610. The van der Waals surface area contributed by atoms with Crippen LogP contribution in [-0.4, -0.2) is 69.6 Å². The van der Waals surface area contributed by atoms with Crippen LogP contribution in [0.25, 0.3) is 0 Å². The maximum atomic E-state index is 12.9. The van der Waals surface area contributed by atoms with Gasteiger partial charge in [0.2, 0.25) is 5.91 Å². The molecule has 0 saturated carbocycles. The molecule has 0 aliphatic carbocycles. The highest BCUT2D eigenvalue weighted by molar-refractivity contribution is 5.95. The fourth-order valence-electron chi connectivity index (χ4n) is 3.82. The second kappa shape index (κ2) is 11.3. The van der Waals surface area contributed by atoms with E-state index in [1.807, 2.05) is 37.4 Å². The van der Waals surface area contributed by atoms with Gasteiger partial charge in [0.05, 0.1) is 19.0 Å². The summed E-state index contributed by atoms with van der Waals surface area (Å²) >= 11 is 0. The predicted octanol–water partition coefficient (Wildman–Crippen LogP) is 0.0915. The van der Waals surface area contributed by atoms with Crippen molar-refractivity contribution in [2.24, 2.45) is 0 Å². The Kier molecular flexibility index (Phi) is 8.23. The van der Waals surface area contributed by atoms with Crippen molar-refractivity contribution >= 4 is 23.3 Å². The number of benzene rings is 1. The zero-order chi connectivity index (χ0) is 22.1. The summed E-state index contributed by atoms with van der Waals surface area (Å²) in [6.45, 7) is 6.61. The number of aromatic amines is 1. The highest BCUT2D eigenvalue weighted by atomic mass is 16.5. The van der Waals surface area contributed by atoms with Crippen LogP contribution in [0, 0.1) is 0 Å². The molecule has 2 amide bonds. The molecule has 8 heteroatoms. The summed E-state index contributed by atoms with van der Waals surface area (Å²) in [6.07, 6.45) is 2.73. The Balaban J connectivity index is 1.51. The quantitative estimate of drug-likeness (QED) is 0.595. The van der Waals surface area contributed by atoms with Gasteiger partial charge in [-0.2, -0.15) is 0 Å². The topological polar surface area (TPSA) is 80.5 Å². The molecule has 2 heterocycles. The van der Waals surface area contributed by atoms with E-state index >= 15 is 0 Å². The first kappa shape index (κ1) is 22.6. The van der Waals surface area contributed by atoms with Crippen LogP contribution in [0.3, 0.4) is 0 Å². The molecular formula is C23H33N5O3+2. The van der Waals surface area contributed by atoms with Gasteiger partial charge in [-0.3, -0.25) is 14.5 Å². The lowest BCUT2D eigenvalue weighted by Gasteiger charge is -2.29. The van der Waals surface area contributed by atoms with Gasteiger partial charge in [0.15, 0.2) is 6.54 Å². The summed E-state index contributed by atoms with van der Waals surface area (Å²) < 4.78 is 5.28. The van der Waals surface area contributed by atoms with Crippen molar-refractivity contribution in [2.45, 2.75) is 13.3 Å². The number of nitrogens with zero attached hydrogens (tertiary/aromatic N) is 2. The molecule has 1 fully saturated rings. The molecule has 1 aromatic heterocycles. The van der Waals surface area contributed by atoms with Crippen molar-refractivity contribution in [1.29, 1.82) is 0 Å². The zero-order valence-electron chi connectivity index (χ0n) is 18.4. The van der Waals surface area contributed by atoms with Gasteiger partial charge in [0.1, 0.15) is 38.5 Å². The number of anilines is 2. The van der Waals surface area contributed by atoms with Crippen LogP contribution in [0.15, 0.2) is 48.7 Å². The van der Waals surface area contributed by atoms with Crippen LogP contribution >= 0.6 is 0 Å². The third-order valence-corrected chi connectivity index (χ3v) is 5.47. The first-order valence-corrected chi connectivity index (χ1v) is 10.9. The fourth-order valence-corrected chi connectivity index (χ4v) is 3.82. The number of amides is 2. The molecule has 8 nitrogen and oxygen atoms in total. The maximum absolute atomic E-state index is 12.9. The van der Waals surface area contributed by atoms with E-state index in [-0.39, 0.29) is 18.4 Å². The van der Waals surface area contributed by atoms with Gasteiger partial charge < -0.3 is 19.9 Å². The number of para-hydroxylation sites is 2. The Hall–Kier alpha value is -3.13. The Labute approximate surface area is 183 Å². The van der Waals surface area contributed by atoms with Crippen molar-refractivity contribution in [3.05, 3.63) is 48.7 Å². The number of H-pyrrole nitrogens is 1. The lowest BCUT2D eigenvalue weighted by atomic mass is 10.2. The molecule has 0 radical (unpaired) electrons. The normalized spacial score (nSPS) is 14.2. The van der Waals surface area contributed by atoms with E-state index in [1.165, 1.54) is 4.90 Å². The number of quaternary nitrogens is 1. The molecule has 1 aliphatic heterocycles. The lowest BCUT2D eigenvalue weighted by Crippen LogP contribution is -3.16. The van der Waals surface area contributed by atoms with Crippen LogP contribution in [0.5, 0.6) is 5.75 Å². The molecule has 0 spiro atoms. The van der Waals surface area contributed by atoms with E-state index in [1.54, 1.807) is 24.1 Å². The van der Waals surface area contributed by atoms with Crippen molar-refractivity contribution in [3.8, 4) is 5.75 Å². The Morgan fingerprint density at radius 2 is 1.90 bits per heavy atom. The van der Waals surface area contributed by atoms with E-state index in [0.29, 0.717) is 24.5 Å². The smallest absolute Gasteiger partial charge is 0.278 e. The molecule has 1 aliphatic rings. The van der Waals surface area contributed by atoms with Gasteiger partial charge >= 0.3 is 0 Å². The summed E-state index contributed by atoms with van der Waals surface area (Å²) in [6, 6.07) is 13.3. The van der Waals surface area contributed by atoms with Crippen LogP contribution in [0.4, 0.5) is 11.5 Å². The SMILES string of the molecule is CCCN(CC(=O)Nc1ccccc1OC)C(=O)C[NH+]1CCN(c2cccc[nH+]2)CC1. The summed E-state index contributed by atoms with van der Waals surface area (Å²) in [5.74, 6) is 1.51. The minimum Gasteiger partial charge on any atom is -0.495 e. The third kappa shape index (κ3) is 6.42. The fraction of sp³-hybridized carbons (Fsp3) is 0.435. The second-order valence-electron chi connectivity index (χ2n) is 7.73. The van der Waals surface area contributed by atoms with Crippen molar-refractivity contribution in [1.82, 2.24) is 4.90 Å². The summed E-state index contributed by atoms with van der Waals surface area (Å²) in [5, 5.41) is 2.86. The van der Waals surface area contributed by atoms with E-state index in [0.717, 1.165) is 38.4 Å². The average Bonchev–Trinajstić information content (AvgIpc) is 2.80. The van der Waals surface area contributed by atoms with Crippen LogP contribution in [-0.2, 0) is 9.59 Å². The molecule has 31 heavy (non-hydrogen) atoms. The van der Waals surface area contributed by atoms with Crippen LogP contribution in [0.1, 0.15) is 13.3 Å². The number of aromatic nitrogens is 1. The van der Waals surface area contributed by atoms with Gasteiger partial charge in [-0.25, -0.2) is 4.98 Å². The largest absolute Gasteiger partial charge is 0.495 e. The Morgan fingerprint density at radius 1 is 1.16 bits per heavy atom. The zero-order valence-corrected chi connectivity index (χ0v) is 18.4. The number of rotatable bonds is 9. The number of pyridine rings is 1. The molecule has 0 bridgehead atoms. The number of carbonyl (C=O) groups excluding carboxylic acids is 2. The van der Waals surface area contributed by atoms with Crippen LogP contribution in [0.2, 0.25) is 0 Å². The average molecular weight is 428 g/mol. The first-order chi connectivity index (χ1) is 15.1. The minimum absolute atomic E-state index is 0.0201. The van der Waals surface area contributed by atoms with Gasteiger partial charge in [0.25, 0.3) is 11.7 Å². The van der Waals surface area contributed by atoms with E-state index < -0.39 is 0 Å². The summed E-state index contributed by atoms with van der Waals surface area (Å²) in [4.78, 5) is 34.0. The maximum Gasteiger partial charge on any atom is 0.278 e. The number of piperazine rings is 1. The van der Waals surface area contributed by atoms with Gasteiger partial charge in [-0.05, 0) is 24.6 Å². The highest BCUT2D eigenvalue weighted by Crippen LogP contribution is 2.22. The van der Waals surface area contributed by atoms with Crippen LogP contribution < -0.4 is 24.8 Å². The van der Waals surface area contributed by atoms with Crippen molar-refractivity contribution < 1.29 is 24.2 Å². The molecular weight excluding hydrogens is 394 g/mol. The number of nitrogens with one attached hydrogen (secondary N) is 3. The van der Waals surface area contributed by atoms with Crippen molar-refractivity contribution in [3.63, 3.8) is 0 Å². The van der Waals surface area contributed by atoms with E-state index in [2.05, 4.69) is 21.3 Å². The van der Waals surface area contributed by atoms with E-state index in [4.69, 9.17) is 4.74 Å². The Bertz CT molecular complexity index is 853. The molecule has 1 saturated heterocycles. The lowest BCUT2D eigenvalue weighted by molar-refractivity contribution is -0.892. The molecule has 0 unspecified atom stereocenters. The van der Waals surface area contributed by atoms with Gasteiger partial charge in [-0.1, -0.05) is 25.1 Å². The third-order valence-electron chi connectivity index (χ3n) is 5.47. The molecule has 0 atom stereocenters. The molecule has 2 aromatic rings. The highest BCUT2D eigenvalue weighted by Gasteiger charge is 2.29. The number of hydrogen-bond donors (Lipinski definition) is 2. The van der Waals surface area contributed by atoms with E-state index in [9.17, 15) is 9.59 Å². The number of carbonyl (C=O) groups is 2. The molecule has 1 aromatic carbocycles. The van der Waals surface area contributed by atoms with Gasteiger partial charge in [0, 0.05) is 12.6 Å². The number of ether oxygens (including phenoxy) is 1. The number of methoxy groups -OCH3 is 1. The number of hydrogen-bond acceptors (Lipinski definition) is 4. The van der Waals surface area contributed by atoms with Crippen molar-refractivity contribution in [2.75, 3.05) is 63.1 Å². The van der Waals surface area contributed by atoms with Gasteiger partial charge in [-0.15, -0.1) is 0 Å². The summed E-state index contributed by atoms with van der Waals surface area (Å²) in [7, 11) is 1.57. The second-order valence-corrected chi connectivity index (χ2v) is 7.73. The predicted molar refractivity (Wildman–Crippen MR) is 119 cm³/mol. The molecule has 3 rings (SSSR count). The Morgan fingerprint density at radius 3 is 2.58 bits per heavy atom. The molecule has 3 N–H and O–H groups in total. The monoisotopic (exact) mass is 427 g/mol. The first-order valence-electron chi connectivity index (χ1n) is 10.9. The standard InChI is InChI=1S/C23H31N5O3/c1-3-12-28(17-22(29)25-19-8-4-5-9-20(19)31-2)23(30)18-26-13-15-27(16-14-26)21-10-6-7-11-24-21/h4-11H,3,12-18H2,1-2H3,(H,25,29)/p+2. The minimum atomic E-state index is -0.217.